The lowest BCUT2D eigenvalue weighted by Gasteiger charge is -2.11. The highest BCUT2D eigenvalue weighted by Gasteiger charge is 2.33. The molecule has 0 spiro atoms. The Kier molecular flexibility index (Phi) is 4.23. The highest BCUT2D eigenvalue weighted by molar-refractivity contribution is 7.99. The van der Waals surface area contributed by atoms with E-state index in [1.54, 1.807) is 12.1 Å². The van der Waals surface area contributed by atoms with Gasteiger partial charge >= 0.3 is 6.18 Å². The second-order valence-electron chi connectivity index (χ2n) is 3.78. The van der Waals surface area contributed by atoms with E-state index in [0.717, 1.165) is 6.07 Å². The van der Waals surface area contributed by atoms with Crippen molar-refractivity contribution in [1.29, 1.82) is 0 Å². The summed E-state index contributed by atoms with van der Waals surface area (Å²) in [5, 5.41) is 0.817. The summed E-state index contributed by atoms with van der Waals surface area (Å²) in [7, 11) is 0. The summed E-state index contributed by atoms with van der Waals surface area (Å²) >= 11 is 7.19. The van der Waals surface area contributed by atoms with Crippen molar-refractivity contribution in [3.05, 3.63) is 35.0 Å². The monoisotopic (exact) mass is 306 g/mol. The smallest absolute Gasteiger partial charge is 0.330 e. The maximum Gasteiger partial charge on any atom is 0.433 e. The van der Waals surface area contributed by atoms with Gasteiger partial charge in [-0.25, -0.2) is 4.98 Å². The van der Waals surface area contributed by atoms with Crippen molar-refractivity contribution in [1.82, 2.24) is 4.98 Å². The summed E-state index contributed by atoms with van der Waals surface area (Å²) in [6, 6.07) is 5.95. The Hall–Kier alpha value is -0.980. The molecule has 102 valence electrons. The molecule has 0 unspecified atom stereocenters. The van der Waals surface area contributed by atoms with Crippen molar-refractivity contribution in [2.24, 2.45) is 5.73 Å². The Morgan fingerprint density at radius 2 is 2.05 bits per heavy atom. The van der Waals surface area contributed by atoms with Crippen LogP contribution in [-0.4, -0.2) is 17.3 Å². The summed E-state index contributed by atoms with van der Waals surface area (Å²) in [4.78, 5) is 4.10. The Balaban J connectivity index is 2.66. The first kappa shape index (κ1) is 14.4. The molecule has 19 heavy (non-hydrogen) atoms. The fourth-order valence-electron chi connectivity index (χ4n) is 1.62. The van der Waals surface area contributed by atoms with Crippen LogP contribution in [0, 0.1) is 0 Å². The van der Waals surface area contributed by atoms with Gasteiger partial charge in [-0.15, -0.1) is 11.8 Å². The van der Waals surface area contributed by atoms with Crippen LogP contribution in [0.3, 0.4) is 0 Å². The van der Waals surface area contributed by atoms with E-state index in [4.69, 9.17) is 17.3 Å². The lowest BCUT2D eigenvalue weighted by atomic mass is 10.2. The van der Waals surface area contributed by atoms with Crippen molar-refractivity contribution in [3.8, 4) is 0 Å². The first-order chi connectivity index (χ1) is 8.93. The molecule has 0 aliphatic heterocycles. The van der Waals surface area contributed by atoms with E-state index in [-0.39, 0.29) is 10.5 Å². The van der Waals surface area contributed by atoms with Crippen LogP contribution in [0.4, 0.5) is 13.2 Å². The number of hydrogen-bond acceptors (Lipinski definition) is 3. The van der Waals surface area contributed by atoms with Crippen LogP contribution in [0.2, 0.25) is 5.02 Å². The first-order valence-electron chi connectivity index (χ1n) is 5.43. The van der Waals surface area contributed by atoms with Crippen molar-refractivity contribution in [3.63, 3.8) is 0 Å². The highest BCUT2D eigenvalue weighted by Crippen LogP contribution is 2.36. The average Bonchev–Trinajstić information content (AvgIpc) is 2.35. The Bertz CT molecular complexity index is 601. The zero-order valence-corrected chi connectivity index (χ0v) is 11.2. The molecule has 7 heteroatoms. The van der Waals surface area contributed by atoms with Crippen LogP contribution < -0.4 is 5.73 Å². The molecule has 0 aliphatic rings. The zero-order chi connectivity index (χ0) is 14.0. The van der Waals surface area contributed by atoms with Gasteiger partial charge in [-0.2, -0.15) is 13.2 Å². The second-order valence-corrected chi connectivity index (χ2v) is 5.32. The summed E-state index contributed by atoms with van der Waals surface area (Å²) in [6.45, 7) is 0.385. The Labute approximate surface area is 117 Å². The fraction of sp³-hybridized carbons (Fsp3) is 0.250. The Morgan fingerprint density at radius 1 is 1.32 bits per heavy atom. The minimum absolute atomic E-state index is 0.165. The molecule has 0 amide bonds. The maximum absolute atomic E-state index is 12.8. The summed E-state index contributed by atoms with van der Waals surface area (Å²) < 4.78 is 38.4. The van der Waals surface area contributed by atoms with Gasteiger partial charge < -0.3 is 5.73 Å². The van der Waals surface area contributed by atoms with Gasteiger partial charge in [0.05, 0.1) is 10.5 Å². The fourth-order valence-corrected chi connectivity index (χ4v) is 2.69. The van der Waals surface area contributed by atoms with Crippen molar-refractivity contribution in [2.45, 2.75) is 11.1 Å². The quantitative estimate of drug-likeness (QED) is 0.872. The van der Waals surface area contributed by atoms with Gasteiger partial charge in [-0.3, -0.25) is 0 Å². The molecule has 0 saturated heterocycles. The molecule has 2 N–H and O–H groups in total. The molecule has 0 atom stereocenters. The summed E-state index contributed by atoms with van der Waals surface area (Å²) in [5.41, 5.74) is 4.62. The number of pyridine rings is 1. The van der Waals surface area contributed by atoms with Crippen molar-refractivity contribution in [2.75, 3.05) is 12.3 Å². The maximum atomic E-state index is 12.8. The van der Waals surface area contributed by atoms with E-state index in [0.29, 0.717) is 22.6 Å². The number of para-hydroxylation sites is 1. The molecule has 2 nitrogen and oxygen atoms in total. The first-order valence-corrected chi connectivity index (χ1v) is 6.79. The number of fused-ring (bicyclic) bond motifs is 1. The molecule has 2 rings (SSSR count). The lowest BCUT2D eigenvalue weighted by Crippen LogP contribution is -2.09. The second kappa shape index (κ2) is 5.56. The molecule has 0 aliphatic carbocycles. The third-order valence-corrected chi connectivity index (χ3v) is 3.81. The molecule has 1 aromatic heterocycles. The van der Waals surface area contributed by atoms with Crippen LogP contribution in [-0.2, 0) is 6.18 Å². The van der Waals surface area contributed by atoms with E-state index >= 15 is 0 Å². The number of benzene rings is 1. The van der Waals surface area contributed by atoms with Crippen molar-refractivity contribution < 1.29 is 13.2 Å². The van der Waals surface area contributed by atoms with Gasteiger partial charge in [0.2, 0.25) is 0 Å². The minimum atomic E-state index is -4.49. The average molecular weight is 307 g/mol. The predicted octanol–water partition coefficient (Wildman–Crippen LogP) is 3.96. The molecule has 0 bridgehead atoms. The zero-order valence-electron chi connectivity index (χ0n) is 9.67. The topological polar surface area (TPSA) is 38.9 Å². The SMILES string of the molecule is NCCSc1cc(C(F)(F)F)nc2c(Cl)cccc12. The number of nitrogens with two attached hydrogens (primary N) is 1. The third kappa shape index (κ3) is 3.13. The van der Waals surface area contributed by atoms with Gasteiger partial charge in [0.25, 0.3) is 0 Å². The Morgan fingerprint density at radius 3 is 2.68 bits per heavy atom. The number of alkyl halides is 3. The normalized spacial score (nSPS) is 12.1. The summed E-state index contributed by atoms with van der Waals surface area (Å²) in [6.07, 6.45) is -4.49. The number of nitrogens with zero attached hydrogens (tertiary/aromatic N) is 1. The van der Waals surface area contributed by atoms with E-state index in [1.165, 1.54) is 17.8 Å². The number of rotatable bonds is 3. The molecule has 1 aromatic carbocycles. The van der Waals surface area contributed by atoms with E-state index < -0.39 is 11.9 Å². The van der Waals surface area contributed by atoms with E-state index in [9.17, 15) is 13.2 Å². The van der Waals surface area contributed by atoms with Gasteiger partial charge in [0, 0.05) is 22.6 Å². The molecule has 0 radical (unpaired) electrons. The molecular formula is C12H10ClF3N2S. The number of hydrogen-bond donors (Lipinski definition) is 1. The van der Waals surface area contributed by atoms with Gasteiger partial charge in [0.1, 0.15) is 5.69 Å². The lowest BCUT2D eigenvalue weighted by molar-refractivity contribution is -0.141. The van der Waals surface area contributed by atoms with Crippen LogP contribution in [0.25, 0.3) is 10.9 Å². The van der Waals surface area contributed by atoms with Gasteiger partial charge in [0.15, 0.2) is 0 Å². The van der Waals surface area contributed by atoms with E-state index in [1.807, 2.05) is 0 Å². The van der Waals surface area contributed by atoms with Crippen LogP contribution in [0.15, 0.2) is 29.2 Å². The van der Waals surface area contributed by atoms with E-state index in [2.05, 4.69) is 4.98 Å². The third-order valence-electron chi connectivity index (χ3n) is 2.42. The molecule has 2 aromatic rings. The molecule has 1 heterocycles. The standard InChI is InChI=1S/C12H10ClF3N2S/c13-8-3-1-2-7-9(19-5-4-17)6-10(12(14,15)16)18-11(7)8/h1-3,6H,4-5,17H2. The van der Waals surface area contributed by atoms with Crippen LogP contribution in [0.1, 0.15) is 5.69 Å². The molecule has 0 fully saturated rings. The summed E-state index contributed by atoms with van der Waals surface area (Å²) in [5.74, 6) is 0.531. The predicted molar refractivity (Wildman–Crippen MR) is 71.5 cm³/mol. The molecule has 0 saturated carbocycles. The van der Waals surface area contributed by atoms with Gasteiger partial charge in [-0.05, 0) is 12.1 Å². The molecular weight excluding hydrogens is 297 g/mol. The largest absolute Gasteiger partial charge is 0.433 e. The highest BCUT2D eigenvalue weighted by atomic mass is 35.5. The minimum Gasteiger partial charge on any atom is -0.330 e. The van der Waals surface area contributed by atoms with Gasteiger partial charge in [-0.1, -0.05) is 23.7 Å². The number of halogens is 4. The van der Waals surface area contributed by atoms with Crippen LogP contribution >= 0.6 is 23.4 Å². The van der Waals surface area contributed by atoms with Crippen LogP contribution in [0.5, 0.6) is 0 Å². The number of aromatic nitrogens is 1. The van der Waals surface area contributed by atoms with Crippen molar-refractivity contribution >= 4 is 34.3 Å². The number of thioether (sulfide) groups is 1.